The second-order valence-corrected chi connectivity index (χ2v) is 9.66. The summed E-state index contributed by atoms with van der Waals surface area (Å²) in [7, 11) is 1.68. The molecule has 33 heavy (non-hydrogen) atoms. The molecule has 0 unspecified atom stereocenters. The molecule has 0 radical (unpaired) electrons. The molecule has 0 aromatic heterocycles. The van der Waals surface area contributed by atoms with Crippen molar-refractivity contribution in [1.29, 1.82) is 0 Å². The fourth-order valence-electron chi connectivity index (χ4n) is 5.29. The summed E-state index contributed by atoms with van der Waals surface area (Å²) < 4.78 is 20.1. The van der Waals surface area contributed by atoms with Gasteiger partial charge in [0.05, 0.1) is 6.61 Å². The van der Waals surface area contributed by atoms with Gasteiger partial charge in [0, 0.05) is 12.7 Å². The highest BCUT2D eigenvalue weighted by Gasteiger charge is 2.22. The number of hydrogen-bond donors (Lipinski definition) is 0. The summed E-state index contributed by atoms with van der Waals surface area (Å²) >= 11 is 0. The number of ether oxygens (including phenoxy) is 1. The molecule has 3 aromatic carbocycles. The van der Waals surface area contributed by atoms with Crippen LogP contribution < -0.4 is 0 Å². The minimum Gasteiger partial charge on any atom is -0.380 e. The molecule has 1 nitrogen and oxygen atoms in total. The van der Waals surface area contributed by atoms with E-state index in [1.807, 2.05) is 36.4 Å². The van der Waals surface area contributed by atoms with Gasteiger partial charge in [0.15, 0.2) is 0 Å². The topological polar surface area (TPSA) is 9.23 Å². The lowest BCUT2D eigenvalue weighted by Gasteiger charge is -2.29. The van der Waals surface area contributed by atoms with Crippen molar-refractivity contribution in [3.63, 3.8) is 0 Å². The van der Waals surface area contributed by atoms with Crippen LogP contribution in [0.2, 0.25) is 0 Å². The van der Waals surface area contributed by atoms with E-state index in [1.54, 1.807) is 13.2 Å². The smallest absolute Gasteiger partial charge is 0.131 e. The SMILES string of the molecule is CCCCCC1CCC(c2ccc(-c3ccc(-c4ccc(COC)cc4)c(F)c3)cc2)CC1. The molecular weight excluding hydrogens is 407 g/mol. The molecule has 0 atom stereocenters. The van der Waals surface area contributed by atoms with E-state index in [2.05, 4.69) is 31.2 Å². The van der Waals surface area contributed by atoms with Crippen LogP contribution in [-0.4, -0.2) is 7.11 Å². The Hall–Kier alpha value is -2.45. The molecule has 0 N–H and O–H groups in total. The summed E-state index contributed by atoms with van der Waals surface area (Å²) in [6.07, 6.45) is 10.9. The summed E-state index contributed by atoms with van der Waals surface area (Å²) in [6, 6.07) is 22.3. The standard InChI is InChI=1S/C31H37FO/c1-3-4-5-6-23-7-11-25(12-8-23)26-15-17-27(18-16-26)29-19-20-30(31(32)21-29)28-13-9-24(10-14-28)22-33-2/h9-10,13-21,23,25H,3-8,11-12,22H2,1-2H3. The first-order valence-electron chi connectivity index (χ1n) is 12.7. The fraction of sp³-hybridized carbons (Fsp3) is 0.419. The first-order valence-corrected chi connectivity index (χ1v) is 12.7. The lowest BCUT2D eigenvalue weighted by Crippen LogP contribution is -2.13. The third kappa shape index (κ3) is 6.12. The summed E-state index contributed by atoms with van der Waals surface area (Å²) in [5.74, 6) is 1.43. The minimum atomic E-state index is -0.183. The number of unbranched alkanes of at least 4 members (excludes halogenated alkanes) is 2. The van der Waals surface area contributed by atoms with Gasteiger partial charge in [0.1, 0.15) is 5.82 Å². The molecule has 0 heterocycles. The van der Waals surface area contributed by atoms with Gasteiger partial charge in [0.2, 0.25) is 0 Å². The molecule has 1 aliphatic carbocycles. The van der Waals surface area contributed by atoms with Crippen molar-refractivity contribution in [2.45, 2.75) is 70.8 Å². The predicted molar refractivity (Wildman–Crippen MR) is 137 cm³/mol. The van der Waals surface area contributed by atoms with Crippen LogP contribution in [0.25, 0.3) is 22.3 Å². The Kier molecular flexibility index (Phi) is 8.34. The molecule has 4 rings (SSSR count). The van der Waals surface area contributed by atoms with E-state index in [1.165, 1.54) is 56.9 Å². The molecule has 0 spiro atoms. The number of rotatable bonds is 9. The van der Waals surface area contributed by atoms with E-state index < -0.39 is 0 Å². The van der Waals surface area contributed by atoms with Gasteiger partial charge in [-0.15, -0.1) is 0 Å². The minimum absolute atomic E-state index is 0.183. The van der Waals surface area contributed by atoms with Gasteiger partial charge in [-0.1, -0.05) is 93.3 Å². The number of hydrogen-bond acceptors (Lipinski definition) is 1. The highest BCUT2D eigenvalue weighted by atomic mass is 19.1. The molecular formula is C31H37FO. The number of halogens is 1. The molecule has 0 saturated heterocycles. The second kappa shape index (κ2) is 11.6. The van der Waals surface area contributed by atoms with Crippen LogP contribution >= 0.6 is 0 Å². The first-order chi connectivity index (χ1) is 16.2. The average molecular weight is 445 g/mol. The van der Waals surface area contributed by atoms with Crippen LogP contribution in [0.15, 0.2) is 66.7 Å². The molecule has 1 fully saturated rings. The van der Waals surface area contributed by atoms with Gasteiger partial charge in [-0.3, -0.25) is 0 Å². The van der Waals surface area contributed by atoms with Crippen molar-refractivity contribution in [3.8, 4) is 22.3 Å². The zero-order chi connectivity index (χ0) is 23.0. The molecule has 1 aliphatic rings. The van der Waals surface area contributed by atoms with Gasteiger partial charge >= 0.3 is 0 Å². The van der Waals surface area contributed by atoms with E-state index in [-0.39, 0.29) is 5.82 Å². The molecule has 0 bridgehead atoms. The third-order valence-corrected chi connectivity index (χ3v) is 7.32. The Morgan fingerprint density at radius 1 is 0.788 bits per heavy atom. The van der Waals surface area contributed by atoms with E-state index in [4.69, 9.17) is 4.74 Å². The molecule has 0 aliphatic heterocycles. The highest BCUT2D eigenvalue weighted by molar-refractivity contribution is 5.71. The molecule has 2 heteroatoms. The Morgan fingerprint density at radius 2 is 1.45 bits per heavy atom. The molecule has 174 valence electrons. The van der Waals surface area contributed by atoms with Crippen LogP contribution in [0.3, 0.4) is 0 Å². The van der Waals surface area contributed by atoms with Gasteiger partial charge < -0.3 is 4.74 Å². The summed E-state index contributed by atoms with van der Waals surface area (Å²) in [4.78, 5) is 0. The van der Waals surface area contributed by atoms with E-state index in [0.29, 0.717) is 18.1 Å². The van der Waals surface area contributed by atoms with Crippen molar-refractivity contribution >= 4 is 0 Å². The van der Waals surface area contributed by atoms with Gasteiger partial charge in [-0.2, -0.15) is 0 Å². The highest BCUT2D eigenvalue weighted by Crippen LogP contribution is 2.38. The number of methoxy groups -OCH3 is 1. The quantitative estimate of drug-likeness (QED) is 0.299. The van der Waals surface area contributed by atoms with E-state index >= 15 is 0 Å². The fourth-order valence-corrected chi connectivity index (χ4v) is 5.29. The van der Waals surface area contributed by atoms with Crippen LogP contribution in [0.5, 0.6) is 0 Å². The lowest BCUT2D eigenvalue weighted by atomic mass is 9.77. The van der Waals surface area contributed by atoms with Crippen molar-refractivity contribution < 1.29 is 9.13 Å². The maximum atomic E-state index is 15.0. The Labute approximate surface area is 199 Å². The molecule has 3 aromatic rings. The Bertz CT molecular complexity index is 998. The van der Waals surface area contributed by atoms with Gasteiger partial charge in [-0.25, -0.2) is 4.39 Å². The normalized spacial score (nSPS) is 18.4. The first kappa shape index (κ1) is 23.7. The predicted octanol–water partition coefficient (Wildman–Crippen LogP) is 9.16. The number of benzene rings is 3. The second-order valence-electron chi connectivity index (χ2n) is 9.66. The molecule has 0 amide bonds. The van der Waals surface area contributed by atoms with Gasteiger partial charge in [0.25, 0.3) is 0 Å². The molecule has 1 saturated carbocycles. The Balaban J connectivity index is 1.39. The zero-order valence-electron chi connectivity index (χ0n) is 20.2. The van der Waals surface area contributed by atoms with Crippen molar-refractivity contribution in [2.75, 3.05) is 7.11 Å². The van der Waals surface area contributed by atoms with Crippen molar-refractivity contribution in [2.24, 2.45) is 5.92 Å². The monoisotopic (exact) mass is 444 g/mol. The van der Waals surface area contributed by atoms with E-state index in [0.717, 1.165) is 28.2 Å². The maximum absolute atomic E-state index is 15.0. The average Bonchev–Trinajstić information content (AvgIpc) is 2.86. The van der Waals surface area contributed by atoms with Crippen LogP contribution in [0.4, 0.5) is 4.39 Å². The van der Waals surface area contributed by atoms with Crippen molar-refractivity contribution in [3.05, 3.63) is 83.7 Å². The summed E-state index contributed by atoms with van der Waals surface area (Å²) in [5.41, 5.74) is 6.06. The maximum Gasteiger partial charge on any atom is 0.131 e. The Morgan fingerprint density at radius 3 is 2.09 bits per heavy atom. The lowest BCUT2D eigenvalue weighted by molar-refractivity contribution is 0.185. The van der Waals surface area contributed by atoms with Crippen LogP contribution in [0, 0.1) is 11.7 Å². The third-order valence-electron chi connectivity index (χ3n) is 7.32. The zero-order valence-corrected chi connectivity index (χ0v) is 20.2. The van der Waals surface area contributed by atoms with Crippen molar-refractivity contribution in [1.82, 2.24) is 0 Å². The van der Waals surface area contributed by atoms with Gasteiger partial charge in [-0.05, 0) is 71.4 Å². The van der Waals surface area contributed by atoms with Crippen LogP contribution in [0.1, 0.15) is 75.3 Å². The summed E-state index contributed by atoms with van der Waals surface area (Å²) in [6.45, 7) is 2.85. The van der Waals surface area contributed by atoms with Crippen LogP contribution in [-0.2, 0) is 11.3 Å². The van der Waals surface area contributed by atoms with E-state index in [9.17, 15) is 4.39 Å². The summed E-state index contributed by atoms with van der Waals surface area (Å²) in [5, 5.41) is 0. The largest absolute Gasteiger partial charge is 0.380 e.